The van der Waals surface area contributed by atoms with Crippen molar-refractivity contribution in [2.75, 3.05) is 40.3 Å². The summed E-state index contributed by atoms with van der Waals surface area (Å²) >= 11 is 0. The SMILES string of the molecule is CN=C(NCCCN(C)Cc1ccccc1)NCCCN1C(=O)C2C3C=CC(C3)C2C1=O. The van der Waals surface area contributed by atoms with Crippen LogP contribution in [-0.4, -0.2) is 67.8 Å². The lowest BCUT2D eigenvalue weighted by molar-refractivity contribution is -0.140. The number of imide groups is 1. The Labute approximate surface area is 190 Å². The minimum Gasteiger partial charge on any atom is -0.356 e. The largest absolute Gasteiger partial charge is 0.356 e. The van der Waals surface area contributed by atoms with Crippen LogP contribution in [0.15, 0.2) is 47.5 Å². The van der Waals surface area contributed by atoms with Gasteiger partial charge in [0, 0.05) is 33.2 Å². The van der Waals surface area contributed by atoms with E-state index in [4.69, 9.17) is 0 Å². The van der Waals surface area contributed by atoms with Gasteiger partial charge in [0.25, 0.3) is 0 Å². The Morgan fingerprint density at radius 2 is 1.66 bits per heavy atom. The lowest BCUT2D eigenvalue weighted by Gasteiger charge is -2.19. The van der Waals surface area contributed by atoms with E-state index in [-0.39, 0.29) is 35.5 Å². The maximum atomic E-state index is 12.7. The van der Waals surface area contributed by atoms with E-state index in [1.54, 1.807) is 7.05 Å². The number of fused-ring (bicyclic) bond motifs is 5. The highest BCUT2D eigenvalue weighted by Crippen LogP contribution is 2.52. The van der Waals surface area contributed by atoms with E-state index in [0.29, 0.717) is 13.1 Å². The Bertz CT molecular complexity index is 838. The van der Waals surface area contributed by atoms with Crippen LogP contribution in [0.25, 0.3) is 0 Å². The molecular weight excluding hydrogens is 402 g/mol. The van der Waals surface area contributed by atoms with E-state index in [0.717, 1.165) is 44.9 Å². The first-order chi connectivity index (χ1) is 15.6. The summed E-state index contributed by atoms with van der Waals surface area (Å²) in [5, 5.41) is 6.64. The minimum atomic E-state index is -0.0973. The summed E-state index contributed by atoms with van der Waals surface area (Å²) in [6, 6.07) is 10.5. The fraction of sp³-hybridized carbons (Fsp3) is 0.560. The van der Waals surface area contributed by atoms with Crippen LogP contribution in [0.3, 0.4) is 0 Å². The molecule has 2 fully saturated rings. The van der Waals surface area contributed by atoms with Gasteiger partial charge < -0.3 is 15.5 Å². The van der Waals surface area contributed by atoms with E-state index < -0.39 is 0 Å². The molecule has 3 aliphatic rings. The summed E-state index contributed by atoms with van der Waals surface area (Å²) in [6.07, 6.45) is 6.99. The second-order valence-electron chi connectivity index (χ2n) is 9.18. The Morgan fingerprint density at radius 3 is 2.28 bits per heavy atom. The lowest BCUT2D eigenvalue weighted by atomic mass is 9.85. The lowest BCUT2D eigenvalue weighted by Crippen LogP contribution is -2.40. The second kappa shape index (κ2) is 10.3. The van der Waals surface area contributed by atoms with Crippen molar-refractivity contribution in [2.24, 2.45) is 28.7 Å². The van der Waals surface area contributed by atoms with Crippen molar-refractivity contribution in [2.45, 2.75) is 25.8 Å². The number of nitrogens with one attached hydrogen (secondary N) is 2. The van der Waals surface area contributed by atoms with Gasteiger partial charge in [0.1, 0.15) is 0 Å². The van der Waals surface area contributed by atoms with E-state index in [9.17, 15) is 9.59 Å². The molecule has 4 unspecified atom stereocenters. The van der Waals surface area contributed by atoms with Gasteiger partial charge >= 0.3 is 0 Å². The van der Waals surface area contributed by atoms with E-state index in [2.05, 4.69) is 64.0 Å². The molecule has 172 valence electrons. The monoisotopic (exact) mass is 437 g/mol. The molecule has 0 aromatic heterocycles. The Kier molecular flexibility index (Phi) is 7.25. The summed E-state index contributed by atoms with van der Waals surface area (Å²) in [5.74, 6) is 1.20. The van der Waals surface area contributed by atoms with Crippen LogP contribution in [0.4, 0.5) is 0 Å². The van der Waals surface area contributed by atoms with Crippen LogP contribution in [0, 0.1) is 23.7 Å². The van der Waals surface area contributed by atoms with Gasteiger partial charge in [-0.3, -0.25) is 19.5 Å². The third-order valence-electron chi connectivity index (χ3n) is 6.94. The van der Waals surface area contributed by atoms with Gasteiger partial charge in [-0.05, 0) is 50.3 Å². The molecule has 0 radical (unpaired) electrons. The van der Waals surface area contributed by atoms with E-state index in [1.165, 1.54) is 10.5 Å². The molecule has 1 saturated carbocycles. The first-order valence-electron chi connectivity index (χ1n) is 11.8. The molecule has 4 atom stereocenters. The molecule has 1 aromatic rings. The van der Waals surface area contributed by atoms with Crippen molar-refractivity contribution < 1.29 is 9.59 Å². The smallest absolute Gasteiger partial charge is 0.233 e. The standard InChI is InChI=1S/C25H35N5O2/c1-26-25(27-12-6-14-29(2)17-18-8-4-3-5-9-18)28-13-7-15-30-23(31)21-19-10-11-20(16-19)22(21)24(30)32/h3-5,8-11,19-22H,6-7,12-17H2,1-2H3,(H2,26,27,28). The molecule has 32 heavy (non-hydrogen) atoms. The summed E-state index contributed by atoms with van der Waals surface area (Å²) in [6.45, 7) is 3.93. The molecule has 1 heterocycles. The van der Waals surface area contributed by atoms with Crippen LogP contribution in [-0.2, 0) is 16.1 Å². The van der Waals surface area contributed by atoms with Gasteiger partial charge in [0.2, 0.25) is 11.8 Å². The maximum Gasteiger partial charge on any atom is 0.233 e. The van der Waals surface area contributed by atoms with Crippen LogP contribution in [0.1, 0.15) is 24.8 Å². The predicted molar refractivity (Wildman–Crippen MR) is 126 cm³/mol. The predicted octanol–water partition coefficient (Wildman–Crippen LogP) is 1.87. The van der Waals surface area contributed by atoms with Crippen molar-refractivity contribution >= 4 is 17.8 Å². The first-order valence-corrected chi connectivity index (χ1v) is 11.8. The van der Waals surface area contributed by atoms with E-state index >= 15 is 0 Å². The fourth-order valence-electron chi connectivity index (χ4n) is 5.38. The molecule has 1 aromatic carbocycles. The van der Waals surface area contributed by atoms with Crippen molar-refractivity contribution in [3.05, 3.63) is 48.0 Å². The molecule has 2 bridgehead atoms. The number of hydrogen-bond donors (Lipinski definition) is 2. The van der Waals surface area contributed by atoms with Crippen molar-refractivity contribution in [1.29, 1.82) is 0 Å². The van der Waals surface area contributed by atoms with Crippen LogP contribution in [0.2, 0.25) is 0 Å². The van der Waals surface area contributed by atoms with Gasteiger partial charge in [0.05, 0.1) is 11.8 Å². The zero-order valence-corrected chi connectivity index (χ0v) is 19.2. The number of allylic oxidation sites excluding steroid dienone is 2. The summed E-state index contributed by atoms with van der Waals surface area (Å²) < 4.78 is 0. The average molecular weight is 438 g/mol. The Hall–Kier alpha value is -2.67. The number of nitrogens with zero attached hydrogens (tertiary/aromatic N) is 3. The number of carbonyl (C=O) groups excluding carboxylic acids is 2. The fourth-order valence-corrected chi connectivity index (χ4v) is 5.38. The van der Waals surface area contributed by atoms with Gasteiger partial charge in [-0.25, -0.2) is 0 Å². The van der Waals surface area contributed by atoms with Crippen LogP contribution in [0.5, 0.6) is 0 Å². The molecule has 2 N–H and O–H groups in total. The number of benzene rings is 1. The first kappa shape index (κ1) is 22.5. The topological polar surface area (TPSA) is 77.0 Å². The molecular formula is C25H35N5O2. The Balaban J connectivity index is 1.10. The van der Waals surface area contributed by atoms with Crippen LogP contribution < -0.4 is 10.6 Å². The highest BCUT2D eigenvalue weighted by molar-refractivity contribution is 6.06. The molecule has 7 heteroatoms. The van der Waals surface area contributed by atoms with Gasteiger partial charge in [0.15, 0.2) is 5.96 Å². The third-order valence-corrected chi connectivity index (χ3v) is 6.94. The highest BCUT2D eigenvalue weighted by Gasteiger charge is 2.58. The number of carbonyl (C=O) groups is 2. The van der Waals surface area contributed by atoms with Crippen molar-refractivity contribution in [3.8, 4) is 0 Å². The number of amides is 2. The highest BCUT2D eigenvalue weighted by atomic mass is 16.2. The summed E-state index contributed by atoms with van der Waals surface area (Å²) in [7, 11) is 3.89. The summed E-state index contributed by atoms with van der Waals surface area (Å²) in [4.78, 5) is 33.5. The zero-order valence-electron chi connectivity index (χ0n) is 19.2. The molecule has 4 rings (SSSR count). The van der Waals surface area contributed by atoms with Crippen molar-refractivity contribution in [3.63, 3.8) is 0 Å². The number of guanidine groups is 1. The molecule has 2 aliphatic carbocycles. The van der Waals surface area contributed by atoms with Crippen LogP contribution >= 0.6 is 0 Å². The van der Waals surface area contributed by atoms with Gasteiger partial charge in [-0.15, -0.1) is 0 Å². The van der Waals surface area contributed by atoms with Gasteiger partial charge in [-0.1, -0.05) is 42.5 Å². The minimum absolute atomic E-state index is 0.0407. The molecule has 1 aliphatic heterocycles. The van der Waals surface area contributed by atoms with Crippen molar-refractivity contribution in [1.82, 2.24) is 20.4 Å². The molecule has 2 amide bonds. The average Bonchev–Trinajstić information content (AvgIpc) is 3.48. The Morgan fingerprint density at radius 1 is 1.03 bits per heavy atom. The quantitative estimate of drug-likeness (QED) is 0.192. The second-order valence-corrected chi connectivity index (χ2v) is 9.18. The molecule has 0 spiro atoms. The zero-order chi connectivity index (χ0) is 22.5. The number of likely N-dealkylation sites (tertiary alicyclic amines) is 1. The molecule has 7 nitrogen and oxygen atoms in total. The van der Waals surface area contributed by atoms with Gasteiger partial charge in [-0.2, -0.15) is 0 Å². The third kappa shape index (κ3) is 4.88. The molecule has 1 saturated heterocycles. The number of aliphatic imine (C=N–C) groups is 1. The normalized spacial score (nSPS) is 26.3. The number of rotatable bonds is 10. The maximum absolute atomic E-state index is 12.7. The number of hydrogen-bond acceptors (Lipinski definition) is 4. The summed E-state index contributed by atoms with van der Waals surface area (Å²) in [5.41, 5.74) is 1.32. The van der Waals surface area contributed by atoms with E-state index in [1.807, 2.05) is 6.07 Å².